The van der Waals surface area contributed by atoms with Crippen molar-refractivity contribution in [1.82, 2.24) is 0 Å². The van der Waals surface area contributed by atoms with E-state index >= 15 is 0 Å². The van der Waals surface area contributed by atoms with Gasteiger partial charge < -0.3 is 4.42 Å². The Morgan fingerprint density at radius 3 is 1.67 bits per heavy atom. The van der Waals surface area contributed by atoms with Crippen LogP contribution < -0.4 is 0 Å². The second-order valence-corrected chi connectivity index (χ2v) is 7.36. The first-order chi connectivity index (χ1) is 13.2. The minimum absolute atomic E-state index is 0.607. The summed E-state index contributed by atoms with van der Waals surface area (Å²) in [5.41, 5.74) is 5.87. The summed E-state index contributed by atoms with van der Waals surface area (Å²) < 4.78 is 6.42. The van der Waals surface area contributed by atoms with Crippen molar-refractivity contribution in [3.63, 3.8) is 0 Å². The predicted octanol–water partition coefficient (Wildman–Crippen LogP) is 8.23. The standard InChI is InChI=1S/C24H14Cl2O/c25-17-12-16(13-18(26)14-17)20-9-5-11-22-21-10-4-8-19(23(21)27-24(20)22)15-6-2-1-3-7-15/h1-14H. The van der Waals surface area contributed by atoms with Gasteiger partial charge in [0.15, 0.2) is 0 Å². The summed E-state index contributed by atoms with van der Waals surface area (Å²) in [5.74, 6) is 0. The molecule has 0 atom stereocenters. The van der Waals surface area contributed by atoms with Crippen molar-refractivity contribution in [2.24, 2.45) is 0 Å². The molecule has 0 radical (unpaired) electrons. The lowest BCUT2D eigenvalue weighted by Gasteiger charge is -2.04. The average Bonchev–Trinajstić information content (AvgIpc) is 3.07. The topological polar surface area (TPSA) is 13.1 Å². The van der Waals surface area contributed by atoms with Crippen molar-refractivity contribution in [2.75, 3.05) is 0 Å². The van der Waals surface area contributed by atoms with Gasteiger partial charge in [0.25, 0.3) is 0 Å². The number of furan rings is 1. The molecule has 27 heavy (non-hydrogen) atoms. The van der Waals surface area contributed by atoms with Crippen molar-refractivity contribution in [2.45, 2.75) is 0 Å². The van der Waals surface area contributed by atoms with Gasteiger partial charge in [-0.1, -0.05) is 89.9 Å². The Morgan fingerprint density at radius 1 is 0.519 bits per heavy atom. The first-order valence-electron chi connectivity index (χ1n) is 8.67. The molecule has 0 fully saturated rings. The number of fused-ring (bicyclic) bond motifs is 3. The monoisotopic (exact) mass is 388 g/mol. The molecule has 1 aromatic heterocycles. The van der Waals surface area contributed by atoms with Gasteiger partial charge in [-0.2, -0.15) is 0 Å². The lowest BCUT2D eigenvalue weighted by atomic mass is 10.0. The first kappa shape index (κ1) is 16.4. The zero-order valence-corrected chi connectivity index (χ0v) is 15.8. The minimum atomic E-state index is 0.607. The molecule has 1 nitrogen and oxygen atoms in total. The first-order valence-corrected chi connectivity index (χ1v) is 9.42. The molecular weight excluding hydrogens is 375 g/mol. The highest BCUT2D eigenvalue weighted by atomic mass is 35.5. The third kappa shape index (κ3) is 2.80. The minimum Gasteiger partial charge on any atom is -0.455 e. The van der Waals surface area contributed by atoms with Crippen molar-refractivity contribution in [3.8, 4) is 22.3 Å². The van der Waals surface area contributed by atoms with E-state index < -0.39 is 0 Å². The second-order valence-electron chi connectivity index (χ2n) is 6.49. The summed E-state index contributed by atoms with van der Waals surface area (Å²) in [7, 11) is 0. The van der Waals surface area contributed by atoms with Crippen molar-refractivity contribution < 1.29 is 4.42 Å². The van der Waals surface area contributed by atoms with Crippen LogP contribution in [0.4, 0.5) is 0 Å². The molecule has 5 rings (SSSR count). The van der Waals surface area contributed by atoms with Gasteiger partial charge in [0.05, 0.1) is 0 Å². The molecule has 0 aliphatic heterocycles. The fraction of sp³-hybridized carbons (Fsp3) is 0. The molecule has 0 N–H and O–H groups in total. The molecule has 5 aromatic rings. The van der Waals surface area contributed by atoms with Crippen LogP contribution in [0.5, 0.6) is 0 Å². The van der Waals surface area contributed by atoms with Crippen LogP contribution in [0, 0.1) is 0 Å². The molecule has 0 amide bonds. The number of benzene rings is 4. The predicted molar refractivity (Wildman–Crippen MR) is 115 cm³/mol. The molecule has 0 aliphatic carbocycles. The van der Waals surface area contributed by atoms with E-state index in [4.69, 9.17) is 27.6 Å². The summed E-state index contributed by atoms with van der Waals surface area (Å²) in [5, 5.41) is 3.39. The largest absolute Gasteiger partial charge is 0.455 e. The molecule has 0 bridgehead atoms. The van der Waals surface area contributed by atoms with E-state index in [1.807, 2.05) is 42.5 Å². The Labute approximate surface area is 166 Å². The molecule has 4 aromatic carbocycles. The lowest BCUT2D eigenvalue weighted by Crippen LogP contribution is -1.79. The van der Waals surface area contributed by atoms with E-state index in [0.717, 1.165) is 44.2 Å². The Kier molecular flexibility index (Phi) is 3.93. The van der Waals surface area contributed by atoms with E-state index in [2.05, 4.69) is 36.4 Å². The Bertz CT molecular complexity index is 1270. The van der Waals surface area contributed by atoms with Crippen LogP contribution in [-0.4, -0.2) is 0 Å². The lowest BCUT2D eigenvalue weighted by molar-refractivity contribution is 0.671. The molecule has 0 saturated heterocycles. The molecule has 0 saturated carbocycles. The van der Waals surface area contributed by atoms with Gasteiger partial charge in [0.2, 0.25) is 0 Å². The Morgan fingerprint density at radius 2 is 1.07 bits per heavy atom. The SMILES string of the molecule is Clc1cc(Cl)cc(-c2cccc3c2oc2c(-c4ccccc4)cccc23)c1. The zero-order chi connectivity index (χ0) is 18.4. The van der Waals surface area contributed by atoms with E-state index in [1.54, 1.807) is 6.07 Å². The van der Waals surface area contributed by atoms with Crippen molar-refractivity contribution in [1.29, 1.82) is 0 Å². The summed E-state index contributed by atoms with van der Waals surface area (Å²) in [6.07, 6.45) is 0. The number of hydrogen-bond donors (Lipinski definition) is 0. The van der Waals surface area contributed by atoms with Crippen LogP contribution in [0.1, 0.15) is 0 Å². The number of halogens is 2. The zero-order valence-electron chi connectivity index (χ0n) is 14.2. The van der Waals surface area contributed by atoms with Gasteiger partial charge in [-0.3, -0.25) is 0 Å². The van der Waals surface area contributed by atoms with Crippen LogP contribution in [0.25, 0.3) is 44.2 Å². The average molecular weight is 389 g/mol. The normalized spacial score (nSPS) is 11.3. The van der Waals surface area contributed by atoms with Gasteiger partial charge in [0.1, 0.15) is 11.2 Å². The Balaban J connectivity index is 1.83. The van der Waals surface area contributed by atoms with Gasteiger partial charge in [-0.05, 0) is 29.3 Å². The Hall–Kier alpha value is -2.74. The van der Waals surface area contributed by atoms with E-state index in [1.165, 1.54) is 0 Å². The third-order valence-corrected chi connectivity index (χ3v) is 5.22. The van der Waals surface area contributed by atoms with Gasteiger partial charge in [-0.25, -0.2) is 0 Å². The third-order valence-electron chi connectivity index (χ3n) is 4.78. The number of rotatable bonds is 2. The number of para-hydroxylation sites is 2. The smallest absolute Gasteiger partial charge is 0.143 e. The molecule has 0 spiro atoms. The van der Waals surface area contributed by atoms with Crippen molar-refractivity contribution in [3.05, 3.63) is 95.0 Å². The molecular formula is C24H14Cl2O. The van der Waals surface area contributed by atoms with Gasteiger partial charge in [-0.15, -0.1) is 0 Å². The number of hydrogen-bond acceptors (Lipinski definition) is 1. The maximum atomic E-state index is 6.42. The summed E-state index contributed by atoms with van der Waals surface area (Å²) in [4.78, 5) is 0. The maximum absolute atomic E-state index is 6.42. The highest BCUT2D eigenvalue weighted by molar-refractivity contribution is 6.35. The van der Waals surface area contributed by atoms with Crippen LogP contribution in [0.3, 0.4) is 0 Å². The molecule has 3 heteroatoms. The van der Waals surface area contributed by atoms with E-state index in [9.17, 15) is 0 Å². The fourth-order valence-electron chi connectivity index (χ4n) is 3.60. The fourth-order valence-corrected chi connectivity index (χ4v) is 4.13. The molecule has 1 heterocycles. The highest BCUT2D eigenvalue weighted by Crippen LogP contribution is 2.40. The van der Waals surface area contributed by atoms with Gasteiger partial charge >= 0.3 is 0 Å². The van der Waals surface area contributed by atoms with Crippen LogP contribution in [-0.2, 0) is 0 Å². The quantitative estimate of drug-likeness (QED) is 0.296. The summed E-state index contributed by atoms with van der Waals surface area (Å²) in [6.45, 7) is 0. The van der Waals surface area contributed by atoms with Crippen LogP contribution >= 0.6 is 23.2 Å². The maximum Gasteiger partial charge on any atom is 0.143 e. The van der Waals surface area contributed by atoms with E-state index in [-0.39, 0.29) is 0 Å². The van der Waals surface area contributed by atoms with Crippen LogP contribution in [0.2, 0.25) is 10.0 Å². The molecule has 0 aliphatic rings. The highest BCUT2D eigenvalue weighted by Gasteiger charge is 2.15. The van der Waals surface area contributed by atoms with Crippen molar-refractivity contribution >= 4 is 45.1 Å². The van der Waals surface area contributed by atoms with Crippen LogP contribution in [0.15, 0.2) is 89.3 Å². The summed E-state index contributed by atoms with van der Waals surface area (Å²) >= 11 is 12.4. The second kappa shape index (κ2) is 6.45. The molecule has 0 unspecified atom stereocenters. The molecule has 130 valence electrons. The summed E-state index contributed by atoms with van der Waals surface area (Å²) in [6, 6.07) is 28.3. The van der Waals surface area contributed by atoms with E-state index in [0.29, 0.717) is 10.0 Å². The van der Waals surface area contributed by atoms with Gasteiger partial charge in [0, 0.05) is 31.9 Å².